The van der Waals surface area contributed by atoms with Gasteiger partial charge in [-0.3, -0.25) is 0 Å². The molecule has 1 saturated heterocycles. The maximum atomic E-state index is 5.92. The van der Waals surface area contributed by atoms with Crippen LogP contribution in [0.15, 0.2) is 67.0 Å². The number of hydrogen-bond donors (Lipinski definition) is 2. The van der Waals surface area contributed by atoms with Gasteiger partial charge in [-0.1, -0.05) is 30.3 Å². The lowest BCUT2D eigenvalue weighted by atomic mass is 10.1. The van der Waals surface area contributed by atoms with Crippen LogP contribution in [0.1, 0.15) is 19.4 Å². The first-order valence-corrected chi connectivity index (χ1v) is 10.8. The molecule has 1 aliphatic rings. The van der Waals surface area contributed by atoms with Crippen molar-refractivity contribution in [3.8, 4) is 17.0 Å². The number of H-pyrrole nitrogens is 1. The molecule has 3 heterocycles. The molecule has 2 N–H and O–H groups in total. The molecule has 0 amide bonds. The molecule has 0 spiro atoms. The normalized spacial score (nSPS) is 19.0. The molecule has 6 nitrogen and oxygen atoms in total. The molecule has 2 atom stereocenters. The Kier molecular flexibility index (Phi) is 5.30. The Morgan fingerprint density at radius 1 is 0.968 bits per heavy atom. The molecule has 2 aromatic carbocycles. The fourth-order valence-electron chi connectivity index (χ4n) is 4.31. The number of benzene rings is 2. The van der Waals surface area contributed by atoms with Crippen LogP contribution in [0.4, 0.5) is 5.82 Å². The Labute approximate surface area is 182 Å². The molecule has 158 valence electrons. The lowest BCUT2D eigenvalue weighted by Gasteiger charge is -2.37. The maximum absolute atomic E-state index is 5.92. The topological polar surface area (TPSA) is 66.1 Å². The molecule has 0 saturated carbocycles. The van der Waals surface area contributed by atoms with Gasteiger partial charge in [-0.2, -0.15) is 0 Å². The first-order valence-electron chi connectivity index (χ1n) is 10.8. The van der Waals surface area contributed by atoms with Gasteiger partial charge in [0.15, 0.2) is 0 Å². The van der Waals surface area contributed by atoms with Gasteiger partial charge in [0.25, 0.3) is 0 Å². The maximum Gasteiger partial charge on any atom is 0.143 e. The van der Waals surface area contributed by atoms with E-state index in [1.807, 2.05) is 30.3 Å². The van der Waals surface area contributed by atoms with Crippen molar-refractivity contribution >= 4 is 16.9 Å². The minimum atomic E-state index is 0.426. The summed E-state index contributed by atoms with van der Waals surface area (Å²) < 4.78 is 5.92. The van der Waals surface area contributed by atoms with Gasteiger partial charge in [-0.05, 0) is 55.3 Å². The largest absolute Gasteiger partial charge is 0.489 e. The standard InChI is InChI=1S/C25H27N5O/c1-17-13-30(14-18(2)28-17)25-22-12-23(29-24(22)26-16-27-25)20-8-10-21(11-9-20)31-15-19-6-4-3-5-7-19/h3-12,16-18,28H,13-15H2,1-2H3,(H,26,27,29). The monoisotopic (exact) mass is 413 g/mol. The summed E-state index contributed by atoms with van der Waals surface area (Å²) in [5.74, 6) is 1.85. The second-order valence-electron chi connectivity index (χ2n) is 8.31. The number of aromatic nitrogens is 3. The van der Waals surface area contributed by atoms with E-state index in [1.54, 1.807) is 6.33 Å². The summed E-state index contributed by atoms with van der Waals surface area (Å²) in [6.07, 6.45) is 1.65. The molecular weight excluding hydrogens is 386 g/mol. The fraction of sp³-hybridized carbons (Fsp3) is 0.280. The van der Waals surface area contributed by atoms with Crippen LogP contribution in [0.5, 0.6) is 5.75 Å². The summed E-state index contributed by atoms with van der Waals surface area (Å²) >= 11 is 0. The summed E-state index contributed by atoms with van der Waals surface area (Å²) in [6.45, 7) is 6.86. The number of rotatable bonds is 5. The highest BCUT2D eigenvalue weighted by atomic mass is 16.5. The van der Waals surface area contributed by atoms with Crippen LogP contribution >= 0.6 is 0 Å². The molecule has 2 aromatic heterocycles. The van der Waals surface area contributed by atoms with Gasteiger partial charge >= 0.3 is 0 Å². The average Bonchev–Trinajstić information content (AvgIpc) is 3.22. The molecule has 0 aliphatic carbocycles. The Morgan fingerprint density at radius 2 is 1.71 bits per heavy atom. The van der Waals surface area contributed by atoms with Crippen LogP contribution in [0, 0.1) is 0 Å². The molecular formula is C25H27N5O. The number of ether oxygens (including phenoxy) is 1. The fourth-order valence-corrected chi connectivity index (χ4v) is 4.31. The third kappa shape index (κ3) is 4.25. The van der Waals surface area contributed by atoms with Gasteiger partial charge in [0.1, 0.15) is 30.1 Å². The summed E-state index contributed by atoms with van der Waals surface area (Å²) in [5, 5.41) is 4.64. The van der Waals surface area contributed by atoms with E-state index >= 15 is 0 Å². The SMILES string of the molecule is CC1CN(c2ncnc3[nH]c(-c4ccc(OCc5ccccc5)cc4)cc23)CC(C)N1. The van der Waals surface area contributed by atoms with Crippen LogP contribution in [0.3, 0.4) is 0 Å². The summed E-state index contributed by atoms with van der Waals surface area (Å²) in [6, 6.07) is 21.4. The number of aromatic amines is 1. The first-order chi connectivity index (χ1) is 15.2. The van der Waals surface area contributed by atoms with Gasteiger partial charge in [0.2, 0.25) is 0 Å². The predicted octanol–water partition coefficient (Wildman–Crippen LogP) is 4.39. The number of piperazine rings is 1. The Balaban J connectivity index is 1.37. The van der Waals surface area contributed by atoms with Gasteiger partial charge in [0.05, 0.1) is 5.39 Å². The second-order valence-corrected chi connectivity index (χ2v) is 8.31. The van der Waals surface area contributed by atoms with E-state index in [4.69, 9.17) is 4.74 Å². The number of nitrogens with zero attached hydrogens (tertiary/aromatic N) is 3. The second kappa shape index (κ2) is 8.40. The molecule has 6 heteroatoms. The Hall–Kier alpha value is -3.38. The van der Waals surface area contributed by atoms with Crippen molar-refractivity contribution in [2.75, 3.05) is 18.0 Å². The molecule has 31 heavy (non-hydrogen) atoms. The Bertz CT molecular complexity index is 1150. The van der Waals surface area contributed by atoms with Crippen molar-refractivity contribution in [2.24, 2.45) is 0 Å². The summed E-state index contributed by atoms with van der Waals surface area (Å²) in [7, 11) is 0. The van der Waals surface area contributed by atoms with Crippen molar-refractivity contribution < 1.29 is 4.74 Å². The van der Waals surface area contributed by atoms with Crippen LogP contribution in [-0.2, 0) is 6.61 Å². The molecule has 5 rings (SSSR count). The van der Waals surface area contributed by atoms with Crippen molar-refractivity contribution in [3.05, 3.63) is 72.6 Å². The van der Waals surface area contributed by atoms with Crippen molar-refractivity contribution in [3.63, 3.8) is 0 Å². The zero-order valence-corrected chi connectivity index (χ0v) is 17.9. The quantitative estimate of drug-likeness (QED) is 0.508. The van der Waals surface area contributed by atoms with E-state index < -0.39 is 0 Å². The predicted molar refractivity (Wildman–Crippen MR) is 124 cm³/mol. The van der Waals surface area contributed by atoms with E-state index in [-0.39, 0.29) is 0 Å². The average molecular weight is 414 g/mol. The first kappa shape index (κ1) is 19.6. The summed E-state index contributed by atoms with van der Waals surface area (Å²) in [5.41, 5.74) is 4.15. The van der Waals surface area contributed by atoms with Crippen LogP contribution in [0.2, 0.25) is 0 Å². The van der Waals surface area contributed by atoms with E-state index in [0.29, 0.717) is 18.7 Å². The summed E-state index contributed by atoms with van der Waals surface area (Å²) in [4.78, 5) is 14.9. The highest BCUT2D eigenvalue weighted by Crippen LogP contribution is 2.30. The molecule has 1 fully saturated rings. The minimum Gasteiger partial charge on any atom is -0.489 e. The zero-order chi connectivity index (χ0) is 21.2. The number of anilines is 1. The molecule has 0 bridgehead atoms. The van der Waals surface area contributed by atoms with Crippen LogP contribution < -0.4 is 15.0 Å². The minimum absolute atomic E-state index is 0.426. The van der Waals surface area contributed by atoms with Crippen molar-refractivity contribution in [1.29, 1.82) is 0 Å². The third-order valence-corrected chi connectivity index (χ3v) is 5.68. The number of hydrogen-bond acceptors (Lipinski definition) is 5. The molecule has 4 aromatic rings. The smallest absolute Gasteiger partial charge is 0.143 e. The van der Waals surface area contributed by atoms with E-state index in [1.165, 1.54) is 0 Å². The van der Waals surface area contributed by atoms with Crippen molar-refractivity contribution in [2.45, 2.75) is 32.5 Å². The van der Waals surface area contributed by atoms with Crippen LogP contribution in [0.25, 0.3) is 22.3 Å². The molecule has 0 radical (unpaired) electrons. The van der Waals surface area contributed by atoms with Crippen molar-refractivity contribution in [1.82, 2.24) is 20.3 Å². The lowest BCUT2D eigenvalue weighted by molar-refractivity contribution is 0.306. The number of nitrogens with one attached hydrogen (secondary N) is 2. The zero-order valence-electron chi connectivity index (χ0n) is 17.9. The van der Waals surface area contributed by atoms with E-state index in [2.05, 4.69) is 69.3 Å². The number of fused-ring (bicyclic) bond motifs is 1. The molecule has 2 unspecified atom stereocenters. The highest BCUT2D eigenvalue weighted by Gasteiger charge is 2.24. The van der Waals surface area contributed by atoms with Gasteiger partial charge in [-0.15, -0.1) is 0 Å². The highest BCUT2D eigenvalue weighted by molar-refractivity contribution is 5.92. The van der Waals surface area contributed by atoms with E-state index in [0.717, 1.165) is 52.5 Å². The van der Waals surface area contributed by atoms with Gasteiger partial charge < -0.3 is 19.9 Å². The van der Waals surface area contributed by atoms with Gasteiger partial charge in [-0.25, -0.2) is 9.97 Å². The Morgan fingerprint density at radius 3 is 2.45 bits per heavy atom. The van der Waals surface area contributed by atoms with E-state index in [9.17, 15) is 0 Å². The molecule has 1 aliphatic heterocycles. The van der Waals surface area contributed by atoms with Crippen LogP contribution in [-0.4, -0.2) is 40.1 Å². The lowest BCUT2D eigenvalue weighted by Crippen LogP contribution is -2.54. The third-order valence-electron chi connectivity index (χ3n) is 5.68. The van der Waals surface area contributed by atoms with Gasteiger partial charge in [0, 0.05) is 30.9 Å².